The second-order valence-electron chi connectivity index (χ2n) is 9.93. The Bertz CT molecular complexity index is 1410. The van der Waals surface area contributed by atoms with Crippen molar-refractivity contribution in [1.29, 1.82) is 0 Å². The van der Waals surface area contributed by atoms with Gasteiger partial charge < -0.3 is 23.8 Å². The second kappa shape index (κ2) is 11.6. The third-order valence-electron chi connectivity index (χ3n) is 7.28. The van der Waals surface area contributed by atoms with Gasteiger partial charge in [-0.1, -0.05) is 60.7 Å². The van der Waals surface area contributed by atoms with Gasteiger partial charge in [-0.3, -0.25) is 0 Å². The molecular weight excluding hydrogens is 514 g/mol. The minimum Gasteiger partial charge on any atom is -0.473 e. The summed E-state index contributed by atoms with van der Waals surface area (Å²) in [7, 11) is 0. The molecule has 0 radical (unpaired) electrons. The van der Waals surface area contributed by atoms with Gasteiger partial charge in [0, 0.05) is 37.7 Å². The van der Waals surface area contributed by atoms with Gasteiger partial charge in [-0.25, -0.2) is 8.78 Å². The van der Waals surface area contributed by atoms with Crippen LogP contribution in [0, 0.1) is 11.6 Å². The Morgan fingerprint density at radius 3 is 1.93 bits per heavy atom. The summed E-state index contributed by atoms with van der Waals surface area (Å²) in [6.07, 6.45) is 1.29. The molecule has 4 aromatic rings. The van der Waals surface area contributed by atoms with Crippen LogP contribution in [-0.4, -0.2) is 37.1 Å². The first kappa shape index (κ1) is 26.2. The molecule has 8 heteroatoms. The number of piperidine rings is 1. The van der Waals surface area contributed by atoms with E-state index in [1.165, 1.54) is 12.1 Å². The van der Waals surface area contributed by atoms with Crippen LogP contribution in [0.4, 0.5) is 14.5 Å². The maximum Gasteiger partial charge on any atom is 0.225 e. The Balaban J connectivity index is 1.26. The summed E-state index contributed by atoms with van der Waals surface area (Å²) in [5, 5.41) is 0. The van der Waals surface area contributed by atoms with E-state index >= 15 is 8.78 Å². The summed E-state index contributed by atoms with van der Waals surface area (Å²) in [6.45, 7) is 2.81. The topological polar surface area (TPSA) is 53.1 Å². The lowest BCUT2D eigenvalue weighted by Crippen LogP contribution is -2.45. The molecule has 2 aliphatic rings. The molecule has 206 valence electrons. The first-order valence-corrected chi connectivity index (χ1v) is 13.5. The molecule has 0 aliphatic carbocycles. The fourth-order valence-electron chi connectivity index (χ4n) is 5.15. The number of hydrogen-bond acceptors (Lipinski definition) is 6. The normalized spacial score (nSPS) is 16.3. The molecule has 6 nitrogen and oxygen atoms in total. The van der Waals surface area contributed by atoms with Gasteiger partial charge in [-0.2, -0.15) is 4.98 Å². The van der Waals surface area contributed by atoms with E-state index in [1.807, 2.05) is 65.6 Å². The summed E-state index contributed by atoms with van der Waals surface area (Å²) in [4.78, 5) is 6.45. The Labute approximate surface area is 232 Å². The van der Waals surface area contributed by atoms with E-state index in [0.717, 1.165) is 11.1 Å². The number of ether oxygens (including phenoxy) is 4. The summed E-state index contributed by atoms with van der Waals surface area (Å²) in [5.74, 6) is -1.54. The van der Waals surface area contributed by atoms with Crippen LogP contribution in [0.15, 0.2) is 84.9 Å². The van der Waals surface area contributed by atoms with Crippen LogP contribution >= 0.6 is 0 Å². The molecule has 40 heavy (non-hydrogen) atoms. The zero-order valence-corrected chi connectivity index (χ0v) is 22.0. The molecule has 0 amide bonds. The maximum atomic E-state index is 15.6. The SMILES string of the molecule is Fc1cc(N2CCC3(CC2)OCCO3)cc(F)c1-c1ccc(OCc2ccccc2)nc1OCc1ccccc1. The third kappa shape index (κ3) is 5.78. The van der Waals surface area contributed by atoms with Crippen molar-refractivity contribution in [2.45, 2.75) is 31.8 Å². The average Bonchev–Trinajstić information content (AvgIpc) is 3.44. The third-order valence-corrected chi connectivity index (χ3v) is 7.28. The van der Waals surface area contributed by atoms with E-state index in [0.29, 0.717) is 57.3 Å². The molecule has 0 bridgehead atoms. The van der Waals surface area contributed by atoms with E-state index in [4.69, 9.17) is 18.9 Å². The minimum atomic E-state index is -0.687. The molecule has 0 atom stereocenters. The number of anilines is 1. The summed E-state index contributed by atoms with van der Waals surface area (Å²) in [6, 6.07) is 25.2. The first-order valence-electron chi connectivity index (χ1n) is 13.5. The van der Waals surface area contributed by atoms with E-state index in [9.17, 15) is 0 Å². The number of halogens is 2. The fraction of sp³-hybridized carbons (Fsp3) is 0.281. The average molecular weight is 545 g/mol. The van der Waals surface area contributed by atoms with Gasteiger partial charge in [0.05, 0.1) is 24.3 Å². The first-order chi connectivity index (χ1) is 19.6. The Hall–Kier alpha value is -4.01. The smallest absolute Gasteiger partial charge is 0.225 e. The van der Waals surface area contributed by atoms with Gasteiger partial charge in [-0.05, 0) is 29.3 Å². The van der Waals surface area contributed by atoms with Crippen molar-refractivity contribution in [3.63, 3.8) is 0 Å². The van der Waals surface area contributed by atoms with Crippen molar-refractivity contribution in [2.75, 3.05) is 31.2 Å². The molecule has 1 aromatic heterocycles. The molecule has 3 heterocycles. The van der Waals surface area contributed by atoms with Crippen LogP contribution in [0.25, 0.3) is 11.1 Å². The molecule has 0 unspecified atom stereocenters. The quantitative estimate of drug-likeness (QED) is 0.252. The molecular formula is C32H30F2N2O4. The van der Waals surface area contributed by atoms with Gasteiger partial charge in [0.2, 0.25) is 11.8 Å². The highest BCUT2D eigenvalue weighted by atomic mass is 19.1. The van der Waals surface area contributed by atoms with E-state index in [2.05, 4.69) is 4.98 Å². The lowest BCUT2D eigenvalue weighted by atomic mass is 10.0. The fourth-order valence-corrected chi connectivity index (χ4v) is 5.15. The van der Waals surface area contributed by atoms with Gasteiger partial charge in [0.15, 0.2) is 5.79 Å². The van der Waals surface area contributed by atoms with Crippen LogP contribution < -0.4 is 14.4 Å². The van der Waals surface area contributed by atoms with E-state index in [1.54, 1.807) is 12.1 Å². The summed E-state index contributed by atoms with van der Waals surface area (Å²) >= 11 is 0. The molecule has 2 aliphatic heterocycles. The van der Waals surface area contributed by atoms with Crippen LogP contribution in [0.3, 0.4) is 0 Å². The van der Waals surface area contributed by atoms with Gasteiger partial charge >= 0.3 is 0 Å². The lowest BCUT2D eigenvalue weighted by molar-refractivity contribution is -0.169. The molecule has 2 saturated heterocycles. The van der Waals surface area contributed by atoms with Gasteiger partial charge in [0.25, 0.3) is 0 Å². The highest BCUT2D eigenvalue weighted by Gasteiger charge is 2.40. The standard InChI is InChI=1S/C32H30F2N2O4/c33-27-19-25(36-15-13-32(14-16-36)39-17-18-40-32)20-28(34)30(27)26-11-12-29(37-21-23-7-3-1-4-8-23)35-31(26)38-22-24-9-5-2-6-10-24/h1-12,19-20H,13-18,21-22H2. The highest BCUT2D eigenvalue weighted by molar-refractivity contribution is 5.72. The number of rotatable bonds is 8. The minimum absolute atomic E-state index is 0.0930. The lowest BCUT2D eigenvalue weighted by Gasteiger charge is -2.38. The Kier molecular flexibility index (Phi) is 7.62. The number of benzene rings is 3. The van der Waals surface area contributed by atoms with Gasteiger partial charge in [-0.15, -0.1) is 0 Å². The summed E-state index contributed by atoms with van der Waals surface area (Å²) < 4.78 is 54.7. The van der Waals surface area contributed by atoms with Crippen molar-refractivity contribution < 1.29 is 27.7 Å². The Morgan fingerprint density at radius 2 is 1.32 bits per heavy atom. The van der Waals surface area contributed by atoms with Crippen molar-refractivity contribution in [1.82, 2.24) is 4.98 Å². The molecule has 2 fully saturated rings. The van der Waals surface area contributed by atoms with E-state index in [-0.39, 0.29) is 23.6 Å². The van der Waals surface area contributed by atoms with Crippen LogP contribution in [0.5, 0.6) is 11.8 Å². The zero-order chi connectivity index (χ0) is 27.4. The molecule has 6 rings (SSSR count). The van der Waals surface area contributed by atoms with Crippen LogP contribution in [-0.2, 0) is 22.7 Å². The van der Waals surface area contributed by atoms with E-state index < -0.39 is 17.4 Å². The summed E-state index contributed by atoms with van der Waals surface area (Å²) in [5.41, 5.74) is 2.39. The molecule has 0 saturated carbocycles. The van der Waals surface area contributed by atoms with Crippen molar-refractivity contribution in [2.24, 2.45) is 0 Å². The largest absolute Gasteiger partial charge is 0.473 e. The van der Waals surface area contributed by atoms with Gasteiger partial charge in [0.1, 0.15) is 24.8 Å². The van der Waals surface area contributed by atoms with Crippen molar-refractivity contribution in [3.05, 3.63) is 108 Å². The number of aromatic nitrogens is 1. The monoisotopic (exact) mass is 544 g/mol. The highest BCUT2D eigenvalue weighted by Crippen LogP contribution is 2.38. The predicted molar refractivity (Wildman–Crippen MR) is 147 cm³/mol. The number of hydrogen-bond donors (Lipinski definition) is 0. The molecule has 1 spiro atoms. The molecule has 3 aromatic carbocycles. The number of pyridine rings is 1. The molecule has 0 N–H and O–H groups in total. The predicted octanol–water partition coefficient (Wildman–Crippen LogP) is 6.53. The van der Waals surface area contributed by atoms with Crippen molar-refractivity contribution in [3.8, 4) is 22.9 Å². The maximum absolute atomic E-state index is 15.6. The van der Waals surface area contributed by atoms with Crippen LogP contribution in [0.2, 0.25) is 0 Å². The van der Waals surface area contributed by atoms with Crippen molar-refractivity contribution >= 4 is 5.69 Å². The zero-order valence-electron chi connectivity index (χ0n) is 22.0. The second-order valence-corrected chi connectivity index (χ2v) is 9.93. The Morgan fingerprint density at radius 1 is 0.750 bits per heavy atom. The number of nitrogens with zero attached hydrogens (tertiary/aromatic N) is 2. The van der Waals surface area contributed by atoms with Crippen LogP contribution in [0.1, 0.15) is 24.0 Å².